The number of rotatable bonds is 11. The third-order valence-electron chi connectivity index (χ3n) is 7.80. The van der Waals surface area contributed by atoms with E-state index in [4.69, 9.17) is 14.7 Å². The Bertz CT molecular complexity index is 1490. The lowest BCUT2D eigenvalue weighted by Crippen LogP contribution is -2.41. The summed E-state index contributed by atoms with van der Waals surface area (Å²) in [5, 5.41) is 14.4. The summed E-state index contributed by atoms with van der Waals surface area (Å²) in [5.74, 6) is -0.661. The van der Waals surface area contributed by atoms with Crippen LogP contribution in [0.5, 0.6) is 0 Å². The summed E-state index contributed by atoms with van der Waals surface area (Å²) >= 11 is 0. The van der Waals surface area contributed by atoms with Gasteiger partial charge in [-0.2, -0.15) is 19.6 Å². The van der Waals surface area contributed by atoms with Crippen molar-refractivity contribution in [2.75, 3.05) is 62.5 Å². The highest BCUT2D eigenvalue weighted by atomic mass is 19.1. The maximum Gasteiger partial charge on any atom is 0.257 e. The first-order chi connectivity index (χ1) is 21.2. The monoisotopic (exact) mass is 607 g/mol. The molecule has 1 atom stereocenters. The zero-order valence-corrected chi connectivity index (χ0v) is 25.8. The highest BCUT2D eigenvalue weighted by molar-refractivity contribution is 6.19. The van der Waals surface area contributed by atoms with Crippen LogP contribution in [0.2, 0.25) is 0 Å². The fourth-order valence-corrected chi connectivity index (χ4v) is 5.40. The number of carbonyl (C=O) groups is 2. The number of nitrogens with one attached hydrogen (secondary N) is 3. The normalized spacial score (nSPS) is 17.7. The van der Waals surface area contributed by atoms with Gasteiger partial charge in [0.2, 0.25) is 17.8 Å². The summed E-state index contributed by atoms with van der Waals surface area (Å²) in [4.78, 5) is 39.3. The Morgan fingerprint density at radius 1 is 1.18 bits per heavy atom. The molecule has 2 aromatic heterocycles. The van der Waals surface area contributed by atoms with Crippen LogP contribution >= 0.6 is 0 Å². The van der Waals surface area contributed by atoms with E-state index in [1.54, 1.807) is 22.9 Å². The van der Waals surface area contributed by atoms with Gasteiger partial charge >= 0.3 is 0 Å². The lowest BCUT2D eigenvalue weighted by atomic mass is 10.1. The lowest BCUT2D eigenvalue weighted by Gasteiger charge is -2.24. The molecule has 0 bridgehead atoms. The molecule has 2 aliphatic heterocycles. The molecule has 0 spiro atoms. The third kappa shape index (κ3) is 7.58. The Kier molecular flexibility index (Phi) is 10.2. The van der Waals surface area contributed by atoms with Gasteiger partial charge in [-0.15, -0.1) is 0 Å². The van der Waals surface area contributed by atoms with Gasteiger partial charge in [0, 0.05) is 50.5 Å². The van der Waals surface area contributed by atoms with Gasteiger partial charge in [-0.1, -0.05) is 19.9 Å². The first-order valence-corrected chi connectivity index (χ1v) is 15.2. The van der Waals surface area contributed by atoms with Crippen LogP contribution in [0.15, 0.2) is 36.5 Å². The van der Waals surface area contributed by atoms with E-state index in [-0.39, 0.29) is 36.0 Å². The molecule has 12 nitrogen and oxygen atoms in total. The van der Waals surface area contributed by atoms with Crippen molar-refractivity contribution < 1.29 is 18.7 Å². The molecule has 4 heterocycles. The van der Waals surface area contributed by atoms with Crippen molar-refractivity contribution in [3.63, 3.8) is 0 Å². The number of imide groups is 1. The molecular formula is C31H42FN9O3. The molecule has 13 heteroatoms. The molecule has 1 aromatic carbocycles. The van der Waals surface area contributed by atoms with E-state index in [1.807, 2.05) is 19.0 Å². The van der Waals surface area contributed by atoms with Crippen molar-refractivity contribution >= 4 is 35.0 Å². The molecule has 3 aromatic rings. The molecule has 2 fully saturated rings. The van der Waals surface area contributed by atoms with Crippen molar-refractivity contribution in [2.24, 2.45) is 5.92 Å². The summed E-state index contributed by atoms with van der Waals surface area (Å²) < 4.78 is 22.2. The van der Waals surface area contributed by atoms with Gasteiger partial charge in [-0.05, 0) is 69.6 Å². The molecule has 2 aliphatic rings. The van der Waals surface area contributed by atoms with E-state index < -0.39 is 11.7 Å². The van der Waals surface area contributed by atoms with Gasteiger partial charge in [0.05, 0.1) is 17.8 Å². The largest absolute Gasteiger partial charge is 0.381 e. The highest BCUT2D eigenvalue weighted by Gasteiger charge is 2.31. The van der Waals surface area contributed by atoms with Crippen molar-refractivity contribution in [3.8, 4) is 0 Å². The van der Waals surface area contributed by atoms with Crippen LogP contribution < -0.4 is 20.9 Å². The fraction of sp³-hybridized carbons (Fsp3) is 0.516. The second kappa shape index (κ2) is 14.2. The standard InChI is InChI=1S/C31H42FN9O3/c1-20(2)26-19-35-41-28(26)37-30(36-24-8-12-44-13-9-24)38-31(41)34-17-21-14-23(32)16-25(15-21)40(27(42)6-5-11-39(3)4)29(43)22-7-10-33-18-22/h5-6,14-16,19-20,22,24,33H,7-13,17-18H2,1-4H3,(H2,34,36,37,38). The van der Waals surface area contributed by atoms with Crippen LogP contribution in [0.25, 0.3) is 5.65 Å². The maximum atomic E-state index is 15.1. The van der Waals surface area contributed by atoms with Gasteiger partial charge in [-0.25, -0.2) is 9.29 Å². The van der Waals surface area contributed by atoms with Gasteiger partial charge < -0.3 is 25.6 Å². The number of ether oxygens (including phenoxy) is 1. The number of carbonyl (C=O) groups excluding carboxylic acids is 2. The van der Waals surface area contributed by atoms with E-state index in [2.05, 4.69) is 34.9 Å². The zero-order chi connectivity index (χ0) is 31.2. The molecular weight excluding hydrogens is 565 g/mol. The molecule has 5 rings (SSSR count). The van der Waals surface area contributed by atoms with Gasteiger partial charge in [-0.3, -0.25) is 9.59 Å². The predicted octanol–water partition coefficient (Wildman–Crippen LogP) is 3.18. The number of halogens is 1. The molecule has 44 heavy (non-hydrogen) atoms. The Labute approximate surface area is 257 Å². The molecule has 0 saturated carbocycles. The number of aromatic nitrogens is 4. The van der Waals surface area contributed by atoms with Gasteiger partial charge in [0.1, 0.15) is 5.82 Å². The second-order valence-corrected chi connectivity index (χ2v) is 11.9. The number of amides is 2. The topological polar surface area (TPSA) is 129 Å². The van der Waals surface area contributed by atoms with Crippen molar-refractivity contribution in [1.29, 1.82) is 0 Å². The van der Waals surface area contributed by atoms with Gasteiger partial charge in [0.25, 0.3) is 5.91 Å². The average Bonchev–Trinajstić information content (AvgIpc) is 3.67. The minimum Gasteiger partial charge on any atom is -0.381 e. The van der Waals surface area contributed by atoms with Crippen molar-refractivity contribution in [2.45, 2.75) is 51.6 Å². The Balaban J connectivity index is 1.43. The number of anilines is 3. The number of nitrogens with zero attached hydrogens (tertiary/aromatic N) is 6. The molecule has 236 valence electrons. The Hall–Kier alpha value is -3.94. The minimum atomic E-state index is -0.553. The number of hydrogen-bond donors (Lipinski definition) is 3. The van der Waals surface area contributed by atoms with E-state index in [0.717, 1.165) is 23.3 Å². The molecule has 2 amide bonds. The maximum absolute atomic E-state index is 15.1. The van der Waals surface area contributed by atoms with Crippen LogP contribution in [0, 0.1) is 11.7 Å². The van der Waals surface area contributed by atoms with Crippen molar-refractivity contribution in [1.82, 2.24) is 29.8 Å². The van der Waals surface area contributed by atoms with E-state index in [9.17, 15) is 9.59 Å². The highest BCUT2D eigenvalue weighted by Crippen LogP contribution is 2.26. The molecule has 3 N–H and O–H groups in total. The molecule has 0 radical (unpaired) electrons. The second-order valence-electron chi connectivity index (χ2n) is 11.9. The summed E-state index contributed by atoms with van der Waals surface area (Å²) in [5.41, 5.74) is 2.39. The summed E-state index contributed by atoms with van der Waals surface area (Å²) in [7, 11) is 3.77. The van der Waals surface area contributed by atoms with Crippen molar-refractivity contribution in [3.05, 3.63) is 53.5 Å². The van der Waals surface area contributed by atoms with Gasteiger partial charge in [0.15, 0.2) is 5.65 Å². The van der Waals surface area contributed by atoms with E-state index >= 15 is 4.39 Å². The molecule has 0 aliphatic carbocycles. The first kappa shape index (κ1) is 31.5. The van der Waals surface area contributed by atoms with E-state index in [0.29, 0.717) is 62.4 Å². The van der Waals surface area contributed by atoms with Crippen LogP contribution in [0.4, 0.5) is 22.0 Å². The van der Waals surface area contributed by atoms with Crippen LogP contribution in [0.3, 0.4) is 0 Å². The summed E-state index contributed by atoms with van der Waals surface area (Å²) in [6, 6.07) is 4.46. The zero-order valence-electron chi connectivity index (χ0n) is 25.8. The average molecular weight is 608 g/mol. The van der Waals surface area contributed by atoms with Crippen LogP contribution in [-0.4, -0.2) is 89.3 Å². The fourth-order valence-electron chi connectivity index (χ4n) is 5.40. The molecule has 2 saturated heterocycles. The lowest BCUT2D eigenvalue weighted by molar-refractivity contribution is -0.126. The number of hydrogen-bond acceptors (Lipinski definition) is 10. The summed E-state index contributed by atoms with van der Waals surface area (Å²) in [6.07, 6.45) is 7.18. The first-order valence-electron chi connectivity index (χ1n) is 15.2. The SMILES string of the molecule is CC(C)c1cnn2c(NCc3cc(F)cc(N(C(=O)C=CCN(C)C)C(=O)C4CCNC4)c3)nc(NC3CCOCC3)nc12. The minimum absolute atomic E-state index is 0.169. The smallest absolute Gasteiger partial charge is 0.257 e. The third-order valence-corrected chi connectivity index (χ3v) is 7.80. The summed E-state index contributed by atoms with van der Waals surface area (Å²) in [6.45, 7) is 7.39. The molecule has 1 unspecified atom stereocenters. The predicted molar refractivity (Wildman–Crippen MR) is 167 cm³/mol. The van der Waals surface area contributed by atoms with E-state index in [1.165, 1.54) is 18.2 Å². The Morgan fingerprint density at radius 2 is 1.98 bits per heavy atom. The van der Waals surface area contributed by atoms with Crippen LogP contribution in [-0.2, 0) is 20.9 Å². The van der Waals surface area contributed by atoms with Crippen LogP contribution in [0.1, 0.15) is 50.2 Å². The Morgan fingerprint density at radius 3 is 2.68 bits per heavy atom. The quantitative estimate of drug-likeness (QED) is 0.280. The number of benzene rings is 1. The number of likely N-dealkylation sites (N-methyl/N-ethyl adjacent to an activating group) is 1. The number of fused-ring (bicyclic) bond motifs is 1.